The van der Waals surface area contributed by atoms with Crippen LogP contribution < -0.4 is 15.9 Å². The second-order valence-corrected chi connectivity index (χ2v) is 5.31. The molecule has 0 saturated heterocycles. The molecular formula is C7H19NO2Sn. The van der Waals surface area contributed by atoms with E-state index in [1.807, 2.05) is 0 Å². The van der Waals surface area contributed by atoms with Gasteiger partial charge in [-0.15, -0.1) is 0 Å². The Kier molecular flexibility index (Phi) is 36.0. The minimum absolute atomic E-state index is 0.0730. The van der Waals surface area contributed by atoms with Crippen molar-refractivity contribution >= 4 is 21.1 Å². The Morgan fingerprint density at radius 1 is 1.27 bits per heavy atom. The van der Waals surface area contributed by atoms with Gasteiger partial charge in [-0.2, -0.15) is 14.2 Å². The second kappa shape index (κ2) is 22.4. The molecule has 4 heteroatoms. The van der Waals surface area contributed by atoms with Crippen molar-refractivity contribution in [1.29, 1.82) is 0 Å². The third kappa shape index (κ3) is 36.7. The fourth-order valence-electron chi connectivity index (χ4n) is 0.372. The summed E-state index contributed by atoms with van der Waals surface area (Å²) < 4.78 is 1.45. The molecule has 1 unspecified atom stereocenters. The molecule has 2 N–H and O–H groups in total. The predicted molar refractivity (Wildman–Crippen MR) is 46.5 cm³/mol. The van der Waals surface area contributed by atoms with Crippen LogP contribution in [0.1, 0.15) is 13.3 Å². The van der Waals surface area contributed by atoms with E-state index in [4.69, 9.17) is 15.9 Å². The Morgan fingerprint density at radius 3 is 1.73 bits per heavy atom. The van der Waals surface area contributed by atoms with Gasteiger partial charge >= 0.3 is 55.6 Å². The van der Waals surface area contributed by atoms with Crippen molar-refractivity contribution in [2.24, 2.45) is 5.73 Å². The summed E-state index contributed by atoms with van der Waals surface area (Å²) in [7, 11) is 1.50. The van der Waals surface area contributed by atoms with E-state index in [0.717, 1.165) is 14.2 Å². The summed E-state index contributed by atoms with van der Waals surface area (Å²) in [5.41, 5.74) is 5.51. The van der Waals surface area contributed by atoms with Crippen molar-refractivity contribution in [2.75, 3.05) is 14.2 Å². The Balaban J connectivity index is -0.000000138. The maximum atomic E-state index is 8.25. The summed E-state index contributed by atoms with van der Waals surface area (Å²) >= 11 is 0.0730. The van der Waals surface area contributed by atoms with Gasteiger partial charge in [-0.1, -0.05) is 0 Å². The standard InChI is InChI=1S/C4H10N.2CH3O.CH3.Sn/c1-3-4(2)5;2*1-2;;/h4H,1,3,5H2,2H3;2*1H3;1H3;/q;2*-1;;+2. The van der Waals surface area contributed by atoms with Crippen molar-refractivity contribution < 1.29 is 10.2 Å². The number of hydrogen-bond acceptors (Lipinski definition) is 3. The van der Waals surface area contributed by atoms with E-state index in [-0.39, 0.29) is 21.1 Å². The third-order valence-corrected chi connectivity index (χ3v) is 3.10. The molecule has 0 bridgehead atoms. The van der Waals surface area contributed by atoms with Crippen LogP contribution in [0.15, 0.2) is 0 Å². The monoisotopic (exact) mass is 269 g/mol. The van der Waals surface area contributed by atoms with E-state index in [1.54, 1.807) is 0 Å². The first-order chi connectivity index (χ1) is 5.27. The molecule has 3 nitrogen and oxygen atoms in total. The molecule has 0 fully saturated rings. The van der Waals surface area contributed by atoms with Crippen LogP contribution in [-0.2, 0) is 0 Å². The number of hydrogen-bond donors (Lipinski definition) is 1. The zero-order valence-corrected chi connectivity index (χ0v) is 10.7. The first-order valence-electron chi connectivity index (χ1n) is 3.49. The van der Waals surface area contributed by atoms with Gasteiger partial charge in [0.15, 0.2) is 0 Å². The summed E-state index contributed by atoms with van der Waals surface area (Å²) in [5.74, 6) is 0. The van der Waals surface area contributed by atoms with Gasteiger partial charge in [0.1, 0.15) is 0 Å². The van der Waals surface area contributed by atoms with Gasteiger partial charge in [0, 0.05) is 0 Å². The van der Waals surface area contributed by atoms with Gasteiger partial charge in [-0.25, -0.2) is 0 Å². The molecule has 0 saturated carbocycles. The van der Waals surface area contributed by atoms with Crippen LogP contribution in [0.5, 0.6) is 0 Å². The Hall–Kier alpha value is 0.679. The molecule has 0 heterocycles. The van der Waals surface area contributed by atoms with Crippen LogP contribution in [0, 0.1) is 0 Å². The zero-order valence-electron chi connectivity index (χ0n) is 7.89. The van der Waals surface area contributed by atoms with E-state index < -0.39 is 0 Å². The molecule has 0 aliphatic rings. The Labute approximate surface area is 80.2 Å². The predicted octanol–water partition coefficient (Wildman–Crippen LogP) is -1.15. The zero-order chi connectivity index (χ0) is 9.70. The van der Waals surface area contributed by atoms with Crippen molar-refractivity contribution in [3.05, 3.63) is 0 Å². The maximum absolute atomic E-state index is 8.25. The van der Waals surface area contributed by atoms with Crippen LogP contribution in [0.2, 0.25) is 9.38 Å². The number of rotatable bonds is 3. The van der Waals surface area contributed by atoms with E-state index in [0.29, 0.717) is 6.04 Å². The Morgan fingerprint density at radius 2 is 1.64 bits per heavy atom. The summed E-state index contributed by atoms with van der Waals surface area (Å²) in [6, 6.07) is 0.445. The van der Waals surface area contributed by atoms with E-state index in [2.05, 4.69) is 11.9 Å². The molecule has 0 rings (SSSR count). The van der Waals surface area contributed by atoms with Gasteiger partial charge in [0.2, 0.25) is 0 Å². The average Bonchev–Trinajstić information content (AvgIpc) is 2.08. The first kappa shape index (κ1) is 17.7. The number of nitrogens with two attached hydrogens (primary N) is 1. The summed E-state index contributed by atoms with van der Waals surface area (Å²) in [4.78, 5) is 2.35. The van der Waals surface area contributed by atoms with E-state index in [9.17, 15) is 0 Å². The summed E-state index contributed by atoms with van der Waals surface area (Å²) in [6.07, 6.45) is 1.25. The average molecular weight is 268 g/mol. The van der Waals surface area contributed by atoms with Crippen molar-refractivity contribution in [1.82, 2.24) is 0 Å². The van der Waals surface area contributed by atoms with Gasteiger partial charge in [0.25, 0.3) is 0 Å². The molecule has 0 spiro atoms. The molecule has 0 aromatic rings. The molecule has 0 aromatic heterocycles. The molecule has 0 aliphatic heterocycles. The second-order valence-electron chi connectivity index (χ2n) is 1.87. The Bertz CT molecular complexity index is 45.4. The molecule has 11 heavy (non-hydrogen) atoms. The van der Waals surface area contributed by atoms with Crippen molar-refractivity contribution in [3.63, 3.8) is 0 Å². The van der Waals surface area contributed by atoms with E-state index in [1.165, 1.54) is 10.9 Å². The van der Waals surface area contributed by atoms with Gasteiger partial charge in [0.05, 0.1) is 0 Å². The minimum atomic E-state index is 0.0730. The fraction of sp³-hybridized carbons (Fsp3) is 1.00. The topological polar surface area (TPSA) is 72.1 Å². The quantitative estimate of drug-likeness (QED) is 0.657. The van der Waals surface area contributed by atoms with Crippen molar-refractivity contribution in [3.8, 4) is 0 Å². The van der Waals surface area contributed by atoms with Crippen LogP contribution >= 0.6 is 0 Å². The molecular weight excluding hydrogens is 249 g/mol. The molecule has 0 amide bonds. The molecule has 0 aliphatic carbocycles. The fourth-order valence-corrected chi connectivity index (χ4v) is 2.50. The molecule has 1 atom stereocenters. The van der Waals surface area contributed by atoms with Crippen LogP contribution in [-0.4, -0.2) is 41.4 Å². The third-order valence-electron chi connectivity index (χ3n) is 0.850. The van der Waals surface area contributed by atoms with Gasteiger partial charge in [-0.3, -0.25) is 0 Å². The van der Waals surface area contributed by atoms with Crippen molar-refractivity contribution in [2.45, 2.75) is 28.8 Å². The first-order valence-corrected chi connectivity index (χ1v) is 8.36. The van der Waals surface area contributed by atoms with Crippen LogP contribution in [0.25, 0.3) is 0 Å². The van der Waals surface area contributed by atoms with Gasteiger partial charge in [-0.05, 0) is 0 Å². The molecule has 68 valence electrons. The SMILES string of the molecule is C[O-].C[O-].[CH3][Sn+2][CH2]CC(C)N. The van der Waals surface area contributed by atoms with E-state index >= 15 is 0 Å². The van der Waals surface area contributed by atoms with Crippen LogP contribution in [0.4, 0.5) is 0 Å². The molecule has 0 aromatic carbocycles. The van der Waals surface area contributed by atoms with Gasteiger partial charge < -0.3 is 10.2 Å². The summed E-state index contributed by atoms with van der Waals surface area (Å²) in [5, 5.41) is 16.5. The summed E-state index contributed by atoms with van der Waals surface area (Å²) in [6.45, 7) is 2.08. The van der Waals surface area contributed by atoms with Crippen LogP contribution in [0.3, 0.4) is 0 Å². The normalized spacial score (nSPS) is 9.36. The molecule has 0 radical (unpaired) electrons.